The summed E-state index contributed by atoms with van der Waals surface area (Å²) in [5.41, 5.74) is 2.63. The molecule has 2 aromatic rings. The number of halogens is 1. The molecule has 24 heavy (non-hydrogen) atoms. The van der Waals surface area contributed by atoms with E-state index in [9.17, 15) is 10.1 Å². The topological polar surface area (TPSA) is 52.9 Å². The number of amides is 1. The number of hydrogen-bond acceptors (Lipinski definition) is 3. The summed E-state index contributed by atoms with van der Waals surface area (Å²) in [6.07, 6.45) is 8.59. The lowest BCUT2D eigenvalue weighted by atomic mass is 10.1. The van der Waals surface area contributed by atoms with E-state index < -0.39 is 0 Å². The summed E-state index contributed by atoms with van der Waals surface area (Å²) in [6.45, 7) is 0. The zero-order valence-electron chi connectivity index (χ0n) is 13.1. The van der Waals surface area contributed by atoms with Crippen molar-refractivity contribution in [3.63, 3.8) is 0 Å². The maximum Gasteiger partial charge on any atom is 0.249 e. The van der Waals surface area contributed by atoms with Gasteiger partial charge >= 0.3 is 0 Å². The molecule has 1 aliphatic rings. The van der Waals surface area contributed by atoms with Gasteiger partial charge in [-0.3, -0.25) is 4.79 Å². The molecule has 0 spiro atoms. The van der Waals surface area contributed by atoms with Gasteiger partial charge in [-0.15, -0.1) is 11.3 Å². The van der Waals surface area contributed by atoms with E-state index in [1.165, 1.54) is 17.4 Å². The van der Waals surface area contributed by atoms with E-state index in [0.717, 1.165) is 36.8 Å². The molecule has 1 N–H and O–H groups in total. The summed E-state index contributed by atoms with van der Waals surface area (Å²) in [7, 11) is 0. The Morgan fingerprint density at radius 1 is 1.29 bits per heavy atom. The fourth-order valence-electron chi connectivity index (χ4n) is 2.88. The van der Waals surface area contributed by atoms with E-state index in [2.05, 4.69) is 11.4 Å². The van der Waals surface area contributed by atoms with Crippen molar-refractivity contribution in [1.29, 1.82) is 5.26 Å². The summed E-state index contributed by atoms with van der Waals surface area (Å²) in [5.74, 6) is -0.233. The highest BCUT2D eigenvalue weighted by molar-refractivity contribution is 7.16. The average molecular weight is 357 g/mol. The van der Waals surface area contributed by atoms with Gasteiger partial charge in [-0.05, 0) is 55.0 Å². The Labute approximate surface area is 150 Å². The molecule has 1 amide bonds. The smallest absolute Gasteiger partial charge is 0.249 e. The third kappa shape index (κ3) is 3.87. The molecule has 0 bridgehead atoms. The lowest BCUT2D eigenvalue weighted by Gasteiger charge is -2.01. The van der Waals surface area contributed by atoms with Crippen LogP contribution in [0.1, 0.15) is 40.8 Å². The van der Waals surface area contributed by atoms with Crippen LogP contribution >= 0.6 is 22.9 Å². The van der Waals surface area contributed by atoms with Gasteiger partial charge in [-0.25, -0.2) is 0 Å². The van der Waals surface area contributed by atoms with Crippen molar-refractivity contribution >= 4 is 39.9 Å². The van der Waals surface area contributed by atoms with Gasteiger partial charge in [0, 0.05) is 16.0 Å². The number of carbonyl (C=O) groups is 1. The Balaban J connectivity index is 1.76. The highest BCUT2D eigenvalue weighted by atomic mass is 35.5. The quantitative estimate of drug-likeness (QED) is 0.607. The highest BCUT2D eigenvalue weighted by Gasteiger charge is 2.20. The summed E-state index contributed by atoms with van der Waals surface area (Å²) >= 11 is 7.47. The first-order valence-electron chi connectivity index (χ1n) is 7.96. The van der Waals surface area contributed by atoms with Crippen LogP contribution in [0.5, 0.6) is 0 Å². The van der Waals surface area contributed by atoms with Crippen LogP contribution in [0.3, 0.4) is 0 Å². The van der Waals surface area contributed by atoms with Crippen LogP contribution in [0.15, 0.2) is 30.3 Å². The lowest BCUT2D eigenvalue weighted by Crippen LogP contribution is -2.07. The molecule has 1 aromatic carbocycles. The summed E-state index contributed by atoms with van der Waals surface area (Å²) in [6, 6.07) is 9.57. The molecule has 0 saturated carbocycles. The van der Waals surface area contributed by atoms with Gasteiger partial charge < -0.3 is 5.32 Å². The van der Waals surface area contributed by atoms with Crippen LogP contribution < -0.4 is 5.32 Å². The zero-order valence-corrected chi connectivity index (χ0v) is 14.7. The number of thiophene rings is 1. The molecule has 0 radical (unpaired) electrons. The summed E-state index contributed by atoms with van der Waals surface area (Å²) < 4.78 is 0. The number of aryl methyl sites for hydroxylation is 1. The first-order chi connectivity index (χ1) is 11.7. The van der Waals surface area contributed by atoms with Crippen molar-refractivity contribution in [3.05, 3.63) is 56.9 Å². The largest absolute Gasteiger partial charge is 0.313 e. The minimum atomic E-state index is -0.233. The molecule has 3 rings (SSSR count). The second-order valence-corrected chi connectivity index (χ2v) is 7.30. The Morgan fingerprint density at radius 3 is 2.92 bits per heavy atom. The van der Waals surface area contributed by atoms with Gasteiger partial charge in [0.2, 0.25) is 5.91 Å². The summed E-state index contributed by atoms with van der Waals surface area (Å²) in [5, 5.41) is 13.6. The van der Waals surface area contributed by atoms with Crippen LogP contribution in [0.2, 0.25) is 5.02 Å². The second kappa shape index (κ2) is 7.65. The van der Waals surface area contributed by atoms with Gasteiger partial charge in [0.25, 0.3) is 0 Å². The monoisotopic (exact) mass is 356 g/mol. The number of nitrogens with one attached hydrogen (secondary N) is 1. The molecule has 0 fully saturated rings. The van der Waals surface area contributed by atoms with Crippen LogP contribution in [-0.4, -0.2) is 5.91 Å². The van der Waals surface area contributed by atoms with Gasteiger partial charge in [-0.2, -0.15) is 5.26 Å². The normalized spacial score (nSPS) is 14.0. The molecular weight excluding hydrogens is 340 g/mol. The van der Waals surface area contributed by atoms with E-state index in [1.807, 2.05) is 12.1 Å². The first-order valence-corrected chi connectivity index (χ1v) is 9.16. The van der Waals surface area contributed by atoms with Crippen LogP contribution in [0.25, 0.3) is 6.08 Å². The van der Waals surface area contributed by atoms with Crippen LogP contribution in [0, 0.1) is 11.3 Å². The van der Waals surface area contributed by atoms with Gasteiger partial charge in [0.05, 0.1) is 5.56 Å². The van der Waals surface area contributed by atoms with Crippen molar-refractivity contribution in [2.75, 3.05) is 5.32 Å². The van der Waals surface area contributed by atoms with E-state index in [0.29, 0.717) is 15.6 Å². The van der Waals surface area contributed by atoms with Gasteiger partial charge in [0.15, 0.2) is 0 Å². The summed E-state index contributed by atoms with van der Waals surface area (Å²) in [4.78, 5) is 13.4. The molecule has 5 heteroatoms. The Kier molecular flexibility index (Phi) is 5.34. The fourth-order valence-corrected chi connectivity index (χ4v) is 4.33. The van der Waals surface area contributed by atoms with Crippen molar-refractivity contribution in [3.8, 4) is 6.07 Å². The molecule has 0 atom stereocenters. The van der Waals surface area contributed by atoms with Crippen molar-refractivity contribution in [2.45, 2.75) is 32.1 Å². The van der Waals surface area contributed by atoms with Gasteiger partial charge in [-0.1, -0.05) is 30.2 Å². The fraction of sp³-hybridized carbons (Fsp3) is 0.263. The predicted molar refractivity (Wildman–Crippen MR) is 99.4 cm³/mol. The third-order valence-corrected chi connectivity index (χ3v) is 5.49. The van der Waals surface area contributed by atoms with E-state index in [1.54, 1.807) is 29.5 Å². The zero-order chi connectivity index (χ0) is 16.9. The first kappa shape index (κ1) is 16.8. The van der Waals surface area contributed by atoms with Crippen molar-refractivity contribution in [1.82, 2.24) is 0 Å². The molecule has 1 aliphatic carbocycles. The molecular formula is C19H17ClN2OS. The minimum Gasteiger partial charge on any atom is -0.313 e. The number of benzene rings is 1. The molecule has 1 heterocycles. The van der Waals surface area contributed by atoms with E-state index in [4.69, 9.17) is 11.6 Å². The Morgan fingerprint density at radius 2 is 2.12 bits per heavy atom. The molecule has 0 unspecified atom stereocenters. The lowest BCUT2D eigenvalue weighted by molar-refractivity contribution is -0.111. The maximum absolute atomic E-state index is 12.2. The molecule has 122 valence electrons. The molecule has 0 saturated heterocycles. The number of carbonyl (C=O) groups excluding carboxylic acids is 1. The Bertz CT molecular complexity index is 832. The third-order valence-electron chi connectivity index (χ3n) is 4.05. The SMILES string of the molecule is N#Cc1c(NC(=O)C=Cc2cccc(Cl)c2)sc2c1CCCCC2. The number of fused-ring (bicyclic) bond motifs is 1. The highest BCUT2D eigenvalue weighted by Crippen LogP contribution is 2.36. The Hall–Kier alpha value is -2.09. The predicted octanol–water partition coefficient (Wildman–Crippen LogP) is 5.19. The van der Waals surface area contributed by atoms with Crippen molar-refractivity contribution in [2.24, 2.45) is 0 Å². The van der Waals surface area contributed by atoms with Crippen molar-refractivity contribution < 1.29 is 4.79 Å². The number of hydrogen-bond donors (Lipinski definition) is 1. The molecule has 0 aliphatic heterocycles. The van der Waals surface area contributed by atoms with Crippen LogP contribution in [0.4, 0.5) is 5.00 Å². The van der Waals surface area contributed by atoms with Gasteiger partial charge in [0.1, 0.15) is 11.1 Å². The van der Waals surface area contributed by atoms with E-state index in [-0.39, 0.29) is 5.91 Å². The maximum atomic E-state index is 12.2. The number of nitrogens with zero attached hydrogens (tertiary/aromatic N) is 1. The standard InChI is InChI=1S/C19H17ClN2OS/c20-14-6-4-5-13(11-14)9-10-18(23)22-19-16(12-21)15-7-2-1-3-8-17(15)24-19/h4-6,9-11H,1-3,7-8H2,(H,22,23). The minimum absolute atomic E-state index is 0.233. The van der Waals surface area contributed by atoms with E-state index >= 15 is 0 Å². The number of nitriles is 1. The molecule has 3 nitrogen and oxygen atoms in total. The van der Waals surface area contributed by atoms with Crippen LogP contribution in [-0.2, 0) is 17.6 Å². The second-order valence-electron chi connectivity index (χ2n) is 5.76. The number of rotatable bonds is 3. The molecule has 1 aromatic heterocycles. The number of anilines is 1. The average Bonchev–Trinajstić information content (AvgIpc) is 2.73.